The highest BCUT2D eigenvalue weighted by molar-refractivity contribution is 7.98. The minimum absolute atomic E-state index is 0.00992. The molecule has 1 aromatic rings. The Kier molecular flexibility index (Phi) is 30.7. The van der Waals surface area contributed by atoms with Crippen molar-refractivity contribution in [3.63, 3.8) is 0 Å². The van der Waals surface area contributed by atoms with Crippen molar-refractivity contribution in [2.24, 2.45) is 11.5 Å². The number of amides is 7. The summed E-state index contributed by atoms with van der Waals surface area (Å²) >= 11 is 1.52. The maximum Gasteiger partial charge on any atom is 0.243 e. The van der Waals surface area contributed by atoms with Gasteiger partial charge >= 0.3 is 0 Å². The summed E-state index contributed by atoms with van der Waals surface area (Å²) < 4.78 is 0. The summed E-state index contributed by atoms with van der Waals surface area (Å²) in [7, 11) is 1.43. The number of hydrogen-bond donors (Lipinski definition) is 9. The van der Waals surface area contributed by atoms with Crippen LogP contribution >= 0.6 is 11.8 Å². The van der Waals surface area contributed by atoms with Gasteiger partial charge in [0.05, 0.1) is 6.54 Å². The highest BCUT2D eigenvalue weighted by atomic mass is 32.2. The molecule has 11 N–H and O–H groups in total. The summed E-state index contributed by atoms with van der Waals surface area (Å²) in [5.41, 5.74) is 11.5. The molecule has 0 saturated heterocycles. The highest BCUT2D eigenvalue weighted by Gasteiger charge is 2.30. The Labute approximate surface area is 367 Å². The molecule has 0 fully saturated rings. The number of thioether (sulfide) groups is 1. The van der Waals surface area contributed by atoms with E-state index < -0.39 is 66.2 Å². The van der Waals surface area contributed by atoms with Crippen LogP contribution in [0.4, 0.5) is 0 Å². The molecule has 17 heteroatoms. The second kappa shape index (κ2) is 34.2. The van der Waals surface area contributed by atoms with E-state index in [4.69, 9.17) is 11.5 Å². The van der Waals surface area contributed by atoms with Gasteiger partial charge in [-0.2, -0.15) is 11.8 Å². The van der Waals surface area contributed by atoms with Gasteiger partial charge in [0.25, 0.3) is 0 Å². The number of carbonyl (C=O) groups excluding carboxylic acids is 7. The van der Waals surface area contributed by atoms with Crippen LogP contribution in [0.3, 0.4) is 0 Å². The smallest absolute Gasteiger partial charge is 0.243 e. The van der Waals surface area contributed by atoms with Gasteiger partial charge in [-0.05, 0) is 74.8 Å². The molecule has 0 radical (unpaired) electrons. The number of hydrogen-bond acceptors (Lipinski definition) is 10. The third-order valence-corrected chi connectivity index (χ3v) is 11.0. The monoisotopic (exact) mass is 877 g/mol. The Morgan fingerprint density at radius 2 is 1.13 bits per heavy atom. The van der Waals surface area contributed by atoms with Crippen molar-refractivity contribution in [3.05, 3.63) is 29.8 Å². The Hall–Kier alpha value is -4.38. The largest absolute Gasteiger partial charge is 0.508 e. The number of primary amides is 1. The molecule has 16 nitrogen and oxygen atoms in total. The van der Waals surface area contributed by atoms with Crippen molar-refractivity contribution in [2.45, 2.75) is 166 Å². The second-order valence-electron chi connectivity index (χ2n) is 15.6. The molecule has 0 spiro atoms. The maximum absolute atomic E-state index is 13.8. The molecule has 1 aromatic carbocycles. The minimum Gasteiger partial charge on any atom is -0.508 e. The summed E-state index contributed by atoms with van der Waals surface area (Å²) in [4.78, 5) is 91.0. The van der Waals surface area contributed by atoms with Crippen LogP contribution in [0.25, 0.3) is 0 Å². The average molecular weight is 877 g/mol. The van der Waals surface area contributed by atoms with Gasteiger partial charge in [-0.25, -0.2) is 0 Å². The van der Waals surface area contributed by atoms with Crippen molar-refractivity contribution < 1.29 is 38.7 Å². The number of nitrogens with two attached hydrogens (primary N) is 2. The fourth-order valence-corrected chi connectivity index (χ4v) is 7.19. The number of phenols is 1. The molecule has 0 aliphatic carbocycles. The molecular weight excluding hydrogens is 801 g/mol. The van der Waals surface area contributed by atoms with E-state index in [-0.39, 0.29) is 37.3 Å². The summed E-state index contributed by atoms with van der Waals surface area (Å²) in [6.45, 7) is 2.12. The molecule has 346 valence electrons. The van der Waals surface area contributed by atoms with Gasteiger partial charge in [0.2, 0.25) is 41.4 Å². The molecule has 0 bridgehead atoms. The van der Waals surface area contributed by atoms with Crippen molar-refractivity contribution in [3.8, 4) is 5.75 Å². The number of carbonyl (C=O) groups is 7. The van der Waals surface area contributed by atoms with E-state index in [0.717, 1.165) is 25.7 Å². The zero-order valence-corrected chi connectivity index (χ0v) is 37.8. The number of phenolic OH excluding ortho intramolecular Hbond substituents is 1. The van der Waals surface area contributed by atoms with E-state index in [9.17, 15) is 38.7 Å². The molecular formula is C44H76N8O8S. The minimum atomic E-state index is -1.30. The number of unbranched alkanes of at least 4 members (excludes halogenated alkanes) is 13. The normalized spacial score (nSPS) is 12.9. The van der Waals surface area contributed by atoms with Crippen molar-refractivity contribution in [1.82, 2.24) is 31.9 Å². The molecule has 0 heterocycles. The van der Waals surface area contributed by atoms with E-state index in [1.807, 2.05) is 6.26 Å². The first-order chi connectivity index (χ1) is 29.3. The van der Waals surface area contributed by atoms with Crippen LogP contribution in [-0.2, 0) is 40.0 Å². The fraction of sp³-hybridized carbons (Fsp3) is 0.705. The van der Waals surface area contributed by atoms with Gasteiger partial charge in [0.1, 0.15) is 29.9 Å². The molecule has 0 aliphatic heterocycles. The Morgan fingerprint density at radius 1 is 0.607 bits per heavy atom. The average Bonchev–Trinajstić information content (AvgIpc) is 3.24. The summed E-state index contributed by atoms with van der Waals surface area (Å²) in [6.07, 6.45) is 19.0. The fourth-order valence-electron chi connectivity index (χ4n) is 6.72. The van der Waals surface area contributed by atoms with Gasteiger partial charge in [-0.15, -0.1) is 0 Å². The lowest BCUT2D eigenvalue weighted by Crippen LogP contribution is -2.58. The second-order valence-corrected chi connectivity index (χ2v) is 16.6. The van der Waals surface area contributed by atoms with Crippen LogP contribution in [0, 0.1) is 0 Å². The topological polar surface area (TPSA) is 264 Å². The summed E-state index contributed by atoms with van der Waals surface area (Å²) in [6, 6.07) is 1.59. The molecule has 4 atom stereocenters. The predicted octanol–water partition coefficient (Wildman–Crippen LogP) is 3.37. The van der Waals surface area contributed by atoms with E-state index in [1.54, 1.807) is 12.1 Å². The molecule has 0 saturated carbocycles. The lowest BCUT2D eigenvalue weighted by atomic mass is 10.0. The Bertz CT molecular complexity index is 1450. The third kappa shape index (κ3) is 26.5. The van der Waals surface area contributed by atoms with Crippen LogP contribution in [0.2, 0.25) is 0 Å². The van der Waals surface area contributed by atoms with Gasteiger partial charge in [0, 0.05) is 26.3 Å². The number of aromatic hydroxyl groups is 1. The third-order valence-electron chi connectivity index (χ3n) is 10.4. The molecule has 0 aliphatic rings. The van der Waals surface area contributed by atoms with Crippen molar-refractivity contribution in [1.29, 1.82) is 0 Å². The standard InChI is InChI=1S/C44H76N8O8S/c1-4-5-6-7-8-9-10-11-12-13-14-15-16-20-39(55)49-36(27-29-61-3)42(58)48-31-40(56)50-37(30-32-21-23-33(53)24-22-32)44(60)52-35(25-26-38(46)54)43(59)51-34(41(57)47-2)19-17-18-28-45/h21-24,34-37,53H,4-20,25-31,45H2,1-3H3,(H2,46,54)(H,47,57)(H,48,58)(H,49,55)(H,50,56)(H,51,59)(H,52,60)/t34-,35+,36+,37+/m1/s1. The van der Waals surface area contributed by atoms with Crippen LogP contribution in [0.15, 0.2) is 24.3 Å². The Morgan fingerprint density at radius 3 is 1.67 bits per heavy atom. The van der Waals surface area contributed by atoms with Crippen LogP contribution in [0.5, 0.6) is 5.75 Å². The van der Waals surface area contributed by atoms with E-state index in [0.29, 0.717) is 43.5 Å². The Balaban J connectivity index is 2.88. The maximum atomic E-state index is 13.8. The van der Waals surface area contributed by atoms with Crippen LogP contribution < -0.4 is 43.4 Å². The molecule has 0 unspecified atom stereocenters. The number of rotatable bonds is 36. The van der Waals surface area contributed by atoms with Crippen LogP contribution in [0.1, 0.15) is 141 Å². The summed E-state index contributed by atoms with van der Waals surface area (Å²) in [5.74, 6) is -3.57. The molecule has 7 amide bonds. The SMILES string of the molecule is CCCCCCCCCCCCCCCC(=O)N[C@@H](CCSC)C(=O)NCC(=O)N[C@@H](Cc1ccc(O)cc1)C(=O)N[C@@H](CCC(N)=O)C(=O)N[C@H](CCCCN)C(=O)NC. The van der Waals surface area contributed by atoms with E-state index in [1.165, 1.54) is 88.7 Å². The van der Waals surface area contributed by atoms with Gasteiger partial charge in [-0.1, -0.05) is 96.1 Å². The first kappa shape index (κ1) is 54.6. The van der Waals surface area contributed by atoms with Gasteiger partial charge in [-0.3, -0.25) is 33.6 Å². The van der Waals surface area contributed by atoms with Crippen molar-refractivity contribution >= 4 is 53.1 Å². The number of likely N-dealkylation sites (N-methyl/N-ethyl adjacent to an activating group) is 1. The first-order valence-corrected chi connectivity index (χ1v) is 23.7. The van der Waals surface area contributed by atoms with E-state index in [2.05, 4.69) is 38.8 Å². The molecule has 61 heavy (non-hydrogen) atoms. The molecule has 0 aromatic heterocycles. The predicted molar refractivity (Wildman–Crippen MR) is 241 cm³/mol. The lowest BCUT2D eigenvalue weighted by molar-refractivity contribution is -0.134. The van der Waals surface area contributed by atoms with E-state index >= 15 is 0 Å². The van der Waals surface area contributed by atoms with Gasteiger partial charge in [0.15, 0.2) is 0 Å². The first-order valence-electron chi connectivity index (χ1n) is 22.3. The number of nitrogens with one attached hydrogen (secondary N) is 6. The quantitative estimate of drug-likeness (QED) is 0.0444. The number of benzene rings is 1. The summed E-state index contributed by atoms with van der Waals surface area (Å²) in [5, 5.41) is 25.6. The van der Waals surface area contributed by atoms with Crippen molar-refractivity contribution in [2.75, 3.05) is 32.1 Å². The highest BCUT2D eigenvalue weighted by Crippen LogP contribution is 2.14. The zero-order valence-electron chi connectivity index (χ0n) is 37.0. The van der Waals surface area contributed by atoms with Crippen LogP contribution in [-0.4, -0.2) is 103 Å². The lowest BCUT2D eigenvalue weighted by Gasteiger charge is -2.25. The zero-order chi connectivity index (χ0) is 45.3. The van der Waals surface area contributed by atoms with Gasteiger partial charge < -0.3 is 48.5 Å². The molecule has 1 rings (SSSR count).